The number of rotatable bonds is 9. The minimum absolute atomic E-state index is 0.104. The fourth-order valence-electron chi connectivity index (χ4n) is 4.90. The van der Waals surface area contributed by atoms with Gasteiger partial charge in [0.2, 0.25) is 0 Å². The van der Waals surface area contributed by atoms with Crippen LogP contribution in [0.2, 0.25) is 0 Å². The van der Waals surface area contributed by atoms with Crippen LogP contribution in [0.15, 0.2) is 28.0 Å². The van der Waals surface area contributed by atoms with Crippen molar-refractivity contribution in [1.82, 2.24) is 14.3 Å². The standard InChI is InChI=1S/C27H36N4O2S2/c1-4-6-10-19(5-2)17-31-26(33)22(35-27(31)34)15-21-24(28-20-11-8-7-9-12-20)29-23-14-13-18(3)16-30(23)25(21)32/h13-16,19-20,28H,4-12,17H2,1-3H3. The molecule has 8 heteroatoms. The van der Waals surface area contributed by atoms with Crippen molar-refractivity contribution in [2.24, 2.45) is 5.92 Å². The quantitative estimate of drug-likeness (QED) is 0.320. The lowest BCUT2D eigenvalue weighted by atomic mass is 9.95. The molecule has 35 heavy (non-hydrogen) atoms. The Morgan fingerprint density at radius 2 is 2.00 bits per heavy atom. The molecule has 2 aromatic heterocycles. The maximum atomic E-state index is 13.6. The first kappa shape index (κ1) is 25.9. The molecule has 1 aliphatic carbocycles. The molecule has 3 heterocycles. The van der Waals surface area contributed by atoms with Crippen molar-refractivity contribution in [3.63, 3.8) is 0 Å². The third-order valence-corrected chi connectivity index (χ3v) is 8.46. The molecule has 4 rings (SSSR count). The number of fused-ring (bicyclic) bond motifs is 1. The summed E-state index contributed by atoms with van der Waals surface area (Å²) in [5.41, 5.74) is 1.84. The Hall–Kier alpha value is -2.19. The van der Waals surface area contributed by atoms with Crippen LogP contribution in [0.3, 0.4) is 0 Å². The lowest BCUT2D eigenvalue weighted by Gasteiger charge is -2.24. The van der Waals surface area contributed by atoms with Gasteiger partial charge >= 0.3 is 0 Å². The molecule has 1 unspecified atom stereocenters. The molecule has 6 nitrogen and oxygen atoms in total. The van der Waals surface area contributed by atoms with E-state index in [2.05, 4.69) is 19.2 Å². The smallest absolute Gasteiger partial charge is 0.267 e. The predicted octanol–water partition coefficient (Wildman–Crippen LogP) is 6.17. The number of nitrogens with one attached hydrogen (secondary N) is 1. The van der Waals surface area contributed by atoms with Crippen LogP contribution in [-0.4, -0.2) is 37.1 Å². The van der Waals surface area contributed by atoms with E-state index in [4.69, 9.17) is 17.2 Å². The van der Waals surface area contributed by atoms with Gasteiger partial charge in [0.15, 0.2) is 0 Å². The zero-order chi connectivity index (χ0) is 24.9. The van der Waals surface area contributed by atoms with Crippen molar-refractivity contribution in [2.75, 3.05) is 11.9 Å². The van der Waals surface area contributed by atoms with E-state index in [9.17, 15) is 9.59 Å². The molecule has 1 saturated heterocycles. The number of carbonyl (C=O) groups excluding carboxylic acids is 1. The number of carbonyl (C=O) groups is 1. The molecular weight excluding hydrogens is 476 g/mol. The molecule has 2 fully saturated rings. The van der Waals surface area contributed by atoms with Gasteiger partial charge in [-0.2, -0.15) is 0 Å². The Labute approximate surface area is 217 Å². The van der Waals surface area contributed by atoms with Gasteiger partial charge in [0.25, 0.3) is 11.5 Å². The Morgan fingerprint density at radius 3 is 2.71 bits per heavy atom. The average molecular weight is 513 g/mol. The van der Waals surface area contributed by atoms with Gasteiger partial charge in [-0.25, -0.2) is 4.98 Å². The minimum Gasteiger partial charge on any atom is -0.367 e. The molecule has 2 aromatic rings. The molecule has 1 amide bonds. The Balaban J connectivity index is 1.69. The van der Waals surface area contributed by atoms with Gasteiger partial charge in [0.1, 0.15) is 15.8 Å². The summed E-state index contributed by atoms with van der Waals surface area (Å²) >= 11 is 6.88. The van der Waals surface area contributed by atoms with Crippen LogP contribution in [-0.2, 0) is 4.79 Å². The largest absolute Gasteiger partial charge is 0.367 e. The Morgan fingerprint density at radius 1 is 1.23 bits per heavy atom. The monoisotopic (exact) mass is 512 g/mol. The SMILES string of the molecule is CCCCC(CC)CN1C(=O)C(=Cc2c(NC3CCCCC3)nc3ccc(C)cn3c2=O)SC1=S. The zero-order valence-electron chi connectivity index (χ0n) is 21.0. The van der Waals surface area contributed by atoms with E-state index in [1.54, 1.807) is 21.6 Å². The van der Waals surface area contributed by atoms with Crippen molar-refractivity contribution in [1.29, 1.82) is 0 Å². The molecule has 0 spiro atoms. The van der Waals surface area contributed by atoms with Crippen molar-refractivity contribution in [3.05, 3.63) is 44.7 Å². The number of anilines is 1. The van der Waals surface area contributed by atoms with Crippen molar-refractivity contribution in [3.8, 4) is 0 Å². The molecule has 0 aromatic carbocycles. The highest BCUT2D eigenvalue weighted by Crippen LogP contribution is 2.34. The predicted molar refractivity (Wildman–Crippen MR) is 150 cm³/mol. The van der Waals surface area contributed by atoms with Crippen LogP contribution >= 0.6 is 24.0 Å². The van der Waals surface area contributed by atoms with Gasteiger partial charge in [-0.05, 0) is 49.8 Å². The molecule has 0 bridgehead atoms. The lowest BCUT2D eigenvalue weighted by molar-refractivity contribution is -0.122. The number of aryl methyl sites for hydroxylation is 1. The van der Waals surface area contributed by atoms with Crippen molar-refractivity contribution < 1.29 is 4.79 Å². The summed E-state index contributed by atoms with van der Waals surface area (Å²) in [6.45, 7) is 6.94. The van der Waals surface area contributed by atoms with Crippen LogP contribution in [0.25, 0.3) is 11.7 Å². The summed E-state index contributed by atoms with van der Waals surface area (Å²) in [5, 5.41) is 3.54. The summed E-state index contributed by atoms with van der Waals surface area (Å²) in [4.78, 5) is 34.0. The van der Waals surface area contributed by atoms with E-state index in [1.807, 2.05) is 19.1 Å². The topological polar surface area (TPSA) is 66.7 Å². The van der Waals surface area contributed by atoms with E-state index < -0.39 is 0 Å². The van der Waals surface area contributed by atoms with Gasteiger partial charge in [0.05, 0.1) is 10.5 Å². The van der Waals surface area contributed by atoms with Crippen molar-refractivity contribution >= 4 is 51.7 Å². The highest BCUT2D eigenvalue weighted by molar-refractivity contribution is 8.26. The minimum atomic E-state index is -0.170. The summed E-state index contributed by atoms with van der Waals surface area (Å²) in [6, 6.07) is 4.11. The third-order valence-electron chi connectivity index (χ3n) is 7.08. The number of aromatic nitrogens is 2. The Bertz CT molecular complexity index is 1180. The van der Waals surface area contributed by atoms with E-state index in [0.29, 0.717) is 38.7 Å². The van der Waals surface area contributed by atoms with Gasteiger partial charge in [-0.15, -0.1) is 0 Å². The molecule has 1 aliphatic heterocycles. The number of thioether (sulfide) groups is 1. The van der Waals surface area contributed by atoms with Gasteiger partial charge < -0.3 is 5.32 Å². The maximum Gasteiger partial charge on any atom is 0.267 e. The second-order valence-electron chi connectivity index (χ2n) is 9.80. The van der Waals surface area contributed by atoms with Gasteiger partial charge in [0, 0.05) is 18.8 Å². The highest BCUT2D eigenvalue weighted by Gasteiger charge is 2.34. The summed E-state index contributed by atoms with van der Waals surface area (Å²) in [7, 11) is 0. The van der Waals surface area contributed by atoms with Crippen LogP contribution in [0.5, 0.6) is 0 Å². The fourth-order valence-corrected chi connectivity index (χ4v) is 6.16. The highest BCUT2D eigenvalue weighted by atomic mass is 32.2. The molecular formula is C27H36N4O2S2. The molecule has 188 valence electrons. The lowest BCUT2D eigenvalue weighted by Crippen LogP contribution is -2.33. The van der Waals surface area contributed by atoms with E-state index in [-0.39, 0.29) is 17.5 Å². The molecule has 1 atom stereocenters. The van der Waals surface area contributed by atoms with Gasteiger partial charge in [-0.1, -0.05) is 82.4 Å². The molecule has 2 aliphatic rings. The second-order valence-corrected chi connectivity index (χ2v) is 11.5. The third kappa shape index (κ3) is 5.97. The number of hydrogen-bond acceptors (Lipinski definition) is 6. The molecule has 0 radical (unpaired) electrons. The summed E-state index contributed by atoms with van der Waals surface area (Å²) in [5.74, 6) is 0.883. The normalized spacial score (nSPS) is 19.2. The number of unbranched alkanes of at least 4 members (excludes halogenated alkanes) is 1. The van der Waals surface area contributed by atoms with Crippen molar-refractivity contribution in [2.45, 2.75) is 84.6 Å². The van der Waals surface area contributed by atoms with Crippen LogP contribution in [0, 0.1) is 12.8 Å². The number of amides is 1. The number of thiocarbonyl (C=S) groups is 1. The average Bonchev–Trinajstić information content (AvgIpc) is 3.12. The molecule has 1 N–H and O–H groups in total. The van der Waals surface area contributed by atoms with Gasteiger partial charge in [-0.3, -0.25) is 18.9 Å². The number of pyridine rings is 1. The van der Waals surface area contributed by atoms with Crippen LogP contribution in [0.1, 0.15) is 82.8 Å². The van der Waals surface area contributed by atoms with Crippen LogP contribution < -0.4 is 10.9 Å². The summed E-state index contributed by atoms with van der Waals surface area (Å²) in [6.07, 6.45) is 13.6. The second kappa shape index (κ2) is 11.7. The number of hydrogen-bond donors (Lipinski definition) is 1. The summed E-state index contributed by atoms with van der Waals surface area (Å²) < 4.78 is 2.15. The first-order chi connectivity index (χ1) is 16.9. The first-order valence-corrected chi connectivity index (χ1v) is 14.2. The first-order valence-electron chi connectivity index (χ1n) is 13.0. The van der Waals surface area contributed by atoms with E-state index >= 15 is 0 Å². The number of nitrogens with zero attached hydrogens (tertiary/aromatic N) is 3. The molecule has 1 saturated carbocycles. The maximum absolute atomic E-state index is 13.6. The zero-order valence-corrected chi connectivity index (χ0v) is 22.6. The van der Waals surface area contributed by atoms with Crippen LogP contribution in [0.4, 0.5) is 5.82 Å². The Kier molecular flexibility index (Phi) is 8.65. The fraction of sp³-hybridized carbons (Fsp3) is 0.556. The van der Waals surface area contributed by atoms with E-state index in [0.717, 1.165) is 44.1 Å². The van der Waals surface area contributed by atoms with E-state index in [1.165, 1.54) is 31.0 Å².